The van der Waals surface area contributed by atoms with Crippen molar-refractivity contribution in [2.75, 3.05) is 0 Å². The fourth-order valence-electron chi connectivity index (χ4n) is 0. The van der Waals surface area contributed by atoms with Crippen molar-refractivity contribution in [1.82, 2.24) is 0 Å². The Labute approximate surface area is 38.3 Å². The van der Waals surface area contributed by atoms with Crippen LogP contribution >= 0.6 is 0 Å². The molecule has 4 heavy (non-hydrogen) atoms. The van der Waals surface area contributed by atoms with Gasteiger partial charge in [0.1, 0.15) is 0 Å². The second-order valence-electron chi connectivity index (χ2n) is 0. The third-order valence-corrected chi connectivity index (χ3v) is 0. The predicted octanol–water partition coefficient (Wildman–Crippen LogP) is -0.621. The molecule has 0 aromatic heterocycles. The van der Waals surface area contributed by atoms with Crippen LogP contribution < -0.4 is 0 Å². The molecule has 0 aliphatic rings. The molecule has 0 aliphatic heterocycles. The summed E-state index contributed by atoms with van der Waals surface area (Å²) < 4.78 is 16.4. The summed E-state index contributed by atoms with van der Waals surface area (Å²) in [7, 11) is 1.72. The molecule has 0 aromatic carbocycles. The summed E-state index contributed by atoms with van der Waals surface area (Å²) in [6, 6.07) is 0. The van der Waals surface area contributed by atoms with Crippen molar-refractivity contribution in [3.05, 3.63) is 0 Å². The Morgan fingerprint density at radius 3 is 1.25 bits per heavy atom. The van der Waals surface area contributed by atoms with E-state index in [0.29, 0.717) is 19.8 Å². The van der Waals surface area contributed by atoms with Crippen LogP contribution in [0.1, 0.15) is 0 Å². The summed E-state index contributed by atoms with van der Waals surface area (Å²) in [6.07, 6.45) is 0. The van der Waals surface area contributed by atoms with E-state index in [4.69, 9.17) is 7.86 Å². The van der Waals surface area contributed by atoms with Gasteiger partial charge in [0.2, 0.25) is 0 Å². The fraction of sp³-hybridized carbons (Fsp3) is 0. The van der Waals surface area contributed by atoms with Crippen molar-refractivity contribution in [2.24, 2.45) is 0 Å². The van der Waals surface area contributed by atoms with Gasteiger partial charge in [0.05, 0.1) is 0 Å². The van der Waals surface area contributed by atoms with Gasteiger partial charge in [-0.3, -0.25) is 0 Å². The van der Waals surface area contributed by atoms with E-state index in [1.54, 1.807) is 10.1 Å². The van der Waals surface area contributed by atoms with Crippen molar-refractivity contribution in [2.45, 2.75) is 0 Å². The minimum absolute atomic E-state index is 0.333. The minimum atomic E-state index is 0.333. The molecule has 0 rings (SSSR count). The quantitative estimate of drug-likeness (QED) is 0.532. The fourth-order valence-corrected chi connectivity index (χ4v) is 0. The summed E-state index contributed by atoms with van der Waals surface area (Å²) in [5.41, 5.74) is 0. The second kappa shape index (κ2) is 86.2. The van der Waals surface area contributed by atoms with Gasteiger partial charge in [0.15, 0.2) is 0 Å². The Kier molecular flexibility index (Phi) is 190. The normalized spacial score (nSPS) is 2.00. The number of hydrogen-bond donors (Lipinski definition) is 0. The average molecular weight is 244 g/mol. The van der Waals surface area contributed by atoms with Crippen LogP contribution in [-0.2, 0) is 27.6 Å². The number of hydrogen-bond acceptors (Lipinski definition) is 2. The first-order valence-corrected chi connectivity index (χ1v) is 1.98. The zero-order chi connectivity index (χ0) is 4.00. The Morgan fingerprint density at radius 2 is 1.25 bits per heavy atom. The van der Waals surface area contributed by atoms with E-state index in [1.807, 2.05) is 0 Å². The third kappa shape index (κ3) is 22.2. The van der Waals surface area contributed by atoms with Gasteiger partial charge in [-0.2, -0.15) is 0 Å². The van der Waals surface area contributed by atoms with Gasteiger partial charge in [-0.05, 0) is 0 Å². The molecule has 0 heterocycles. The van der Waals surface area contributed by atoms with Gasteiger partial charge in [0.25, 0.3) is 0 Å². The molecular formula is O2SiW. The molecule has 2 radical (unpaired) electrons. The van der Waals surface area contributed by atoms with Crippen LogP contribution in [-0.4, -0.2) is 10.1 Å². The van der Waals surface area contributed by atoms with Gasteiger partial charge in [-0.15, -0.1) is 0 Å². The molecule has 0 aromatic rings. The molecule has 22 valence electrons. The standard InChI is InChI=1S/OSi.O.W/c1-2;;. The van der Waals surface area contributed by atoms with Crippen LogP contribution in [0.25, 0.3) is 0 Å². The molecule has 0 saturated heterocycles. The Balaban J connectivity index is 0. The van der Waals surface area contributed by atoms with Crippen molar-refractivity contribution in [1.29, 1.82) is 0 Å². The van der Waals surface area contributed by atoms with E-state index in [0.717, 1.165) is 0 Å². The molecular weight excluding hydrogens is 244 g/mol. The van der Waals surface area contributed by atoms with E-state index in [2.05, 4.69) is 0 Å². The van der Waals surface area contributed by atoms with Gasteiger partial charge >= 0.3 is 33.3 Å². The molecule has 2 nitrogen and oxygen atoms in total. The van der Waals surface area contributed by atoms with E-state index < -0.39 is 0 Å². The zero-order valence-corrected chi connectivity index (χ0v) is 5.66. The van der Waals surface area contributed by atoms with Gasteiger partial charge in [-0.25, -0.2) is 0 Å². The molecule has 0 aliphatic carbocycles. The molecule has 0 amide bonds. The maximum absolute atomic E-state index is 8.33. The molecule has 0 spiro atoms. The van der Waals surface area contributed by atoms with Crippen LogP contribution in [0.5, 0.6) is 0 Å². The first-order chi connectivity index (χ1) is 2.00. The van der Waals surface area contributed by atoms with Gasteiger partial charge < -0.3 is 4.46 Å². The Hall–Kier alpha value is 0.505. The van der Waals surface area contributed by atoms with Gasteiger partial charge in [0, 0.05) is 0 Å². The molecule has 4 heteroatoms. The molecule has 0 N–H and O–H groups in total. The number of rotatable bonds is 0. The van der Waals surface area contributed by atoms with E-state index in [1.165, 1.54) is 0 Å². The molecule has 0 unspecified atom stereocenters. The first-order valence-electron chi connectivity index (χ1n) is 0.371. The van der Waals surface area contributed by atoms with Crippen molar-refractivity contribution in [3.8, 4) is 0 Å². The van der Waals surface area contributed by atoms with E-state index in [9.17, 15) is 0 Å². The van der Waals surface area contributed by atoms with Crippen molar-refractivity contribution < 1.29 is 27.6 Å². The van der Waals surface area contributed by atoms with Crippen molar-refractivity contribution in [3.63, 3.8) is 0 Å². The van der Waals surface area contributed by atoms with E-state index in [-0.39, 0.29) is 0 Å². The van der Waals surface area contributed by atoms with Crippen LogP contribution in [0.15, 0.2) is 0 Å². The SMILES string of the molecule is O=[Si].[O]=[W]. The summed E-state index contributed by atoms with van der Waals surface area (Å²) in [5, 5.41) is 0. The Bertz CT molecular complexity index is 8.00. The molecule has 0 bridgehead atoms. The van der Waals surface area contributed by atoms with Crippen LogP contribution in [0, 0.1) is 0 Å². The summed E-state index contributed by atoms with van der Waals surface area (Å²) in [6.45, 7) is 0. The van der Waals surface area contributed by atoms with Crippen LogP contribution in [0.4, 0.5) is 0 Å². The third-order valence-electron chi connectivity index (χ3n) is 0. The summed E-state index contributed by atoms with van der Waals surface area (Å²) in [5.74, 6) is 0. The molecule has 0 saturated carbocycles. The summed E-state index contributed by atoms with van der Waals surface area (Å²) in [4.78, 5) is 0. The molecule has 0 atom stereocenters. The first kappa shape index (κ1) is 8.82. The monoisotopic (exact) mass is 244 g/mol. The average Bonchev–Trinajstić information content (AvgIpc) is 1.50. The predicted molar refractivity (Wildman–Crippen MR) is 7.13 cm³/mol. The molecule has 0 fully saturated rings. The summed E-state index contributed by atoms with van der Waals surface area (Å²) >= 11 is 0.333. The Morgan fingerprint density at radius 1 is 1.25 bits per heavy atom. The zero-order valence-electron chi connectivity index (χ0n) is 1.72. The van der Waals surface area contributed by atoms with Crippen LogP contribution in [0.2, 0.25) is 0 Å². The van der Waals surface area contributed by atoms with E-state index >= 15 is 0 Å². The van der Waals surface area contributed by atoms with Crippen molar-refractivity contribution >= 4 is 10.1 Å². The van der Waals surface area contributed by atoms with Crippen LogP contribution in [0.3, 0.4) is 0 Å². The topological polar surface area (TPSA) is 34.1 Å². The second-order valence-corrected chi connectivity index (χ2v) is 0. The van der Waals surface area contributed by atoms with Gasteiger partial charge in [-0.1, -0.05) is 0 Å². The maximum atomic E-state index is 8.33.